The third-order valence-corrected chi connectivity index (χ3v) is 4.21. The molecule has 0 radical (unpaired) electrons. The van der Waals surface area contributed by atoms with E-state index in [0.717, 1.165) is 4.57 Å². The second-order valence-electron chi connectivity index (χ2n) is 6.97. The van der Waals surface area contributed by atoms with Crippen LogP contribution in [0.15, 0.2) is 12.4 Å². The van der Waals surface area contributed by atoms with Crippen molar-refractivity contribution in [3.63, 3.8) is 0 Å². The predicted octanol–water partition coefficient (Wildman–Crippen LogP) is 2.14. The summed E-state index contributed by atoms with van der Waals surface area (Å²) >= 11 is 0. The Balaban J connectivity index is 0.00000288. The van der Waals surface area contributed by atoms with Crippen LogP contribution >= 0.6 is 24.8 Å². The zero-order valence-corrected chi connectivity index (χ0v) is 16.3. The van der Waals surface area contributed by atoms with Crippen LogP contribution in [0.5, 0.6) is 0 Å². The number of alkyl halides is 2. The highest BCUT2D eigenvalue weighted by Crippen LogP contribution is 2.20. The van der Waals surface area contributed by atoms with Crippen molar-refractivity contribution >= 4 is 30.7 Å². The fourth-order valence-electron chi connectivity index (χ4n) is 2.54. The average molecular weight is 402 g/mol. The molecule has 1 amide bonds. The summed E-state index contributed by atoms with van der Waals surface area (Å²) in [7, 11) is 0. The average Bonchev–Trinajstić information content (AvgIpc) is 2.94. The first-order valence-corrected chi connectivity index (χ1v) is 7.76. The van der Waals surface area contributed by atoms with Crippen LogP contribution in [0.4, 0.5) is 8.78 Å². The van der Waals surface area contributed by atoms with Gasteiger partial charge in [0.15, 0.2) is 0 Å². The quantitative estimate of drug-likeness (QED) is 0.838. The number of hydrogen-bond donors (Lipinski definition) is 1. The van der Waals surface area contributed by atoms with Gasteiger partial charge in [-0.15, -0.1) is 24.8 Å². The molecule has 1 aromatic rings. The van der Waals surface area contributed by atoms with Crippen molar-refractivity contribution in [1.29, 1.82) is 0 Å². The Morgan fingerprint density at radius 1 is 1.24 bits per heavy atom. The third-order valence-electron chi connectivity index (χ3n) is 4.21. The molecule has 6 nitrogen and oxygen atoms in total. The summed E-state index contributed by atoms with van der Waals surface area (Å²) in [6.45, 7) is 5.94. The first kappa shape index (κ1) is 24.0. The molecule has 0 saturated carbocycles. The second-order valence-corrected chi connectivity index (χ2v) is 6.97. The van der Waals surface area contributed by atoms with Crippen LogP contribution < -0.4 is 5.73 Å². The molecular formula is C15H27Cl2F2N5O. The smallest absolute Gasteiger partial charge is 0.319 e. The number of nitrogens with zero attached hydrogens (tertiary/aromatic N) is 4. The van der Waals surface area contributed by atoms with Gasteiger partial charge in [-0.1, -0.05) is 20.8 Å². The molecule has 0 spiro atoms. The van der Waals surface area contributed by atoms with Crippen molar-refractivity contribution < 1.29 is 13.6 Å². The van der Waals surface area contributed by atoms with E-state index < -0.39 is 12.6 Å². The molecule has 146 valence electrons. The Kier molecular flexibility index (Phi) is 9.29. The summed E-state index contributed by atoms with van der Waals surface area (Å²) < 4.78 is 26.5. The molecule has 0 aliphatic carbocycles. The lowest BCUT2D eigenvalue weighted by molar-refractivity contribution is -0.136. The van der Waals surface area contributed by atoms with Gasteiger partial charge in [-0.2, -0.15) is 8.78 Å². The SMILES string of the molecule is CC(C)(C)[C@H](N)C(=O)N1CCN(Cc2nccn2C(F)F)CC1.Cl.Cl. The van der Waals surface area contributed by atoms with E-state index in [-0.39, 0.29) is 36.1 Å². The Hall–Kier alpha value is -0.960. The van der Waals surface area contributed by atoms with Gasteiger partial charge in [0.05, 0.1) is 12.6 Å². The molecule has 1 fully saturated rings. The van der Waals surface area contributed by atoms with Gasteiger partial charge in [-0.3, -0.25) is 14.3 Å². The zero-order valence-electron chi connectivity index (χ0n) is 14.7. The van der Waals surface area contributed by atoms with Crippen LogP contribution in [0.1, 0.15) is 33.1 Å². The van der Waals surface area contributed by atoms with Crippen LogP contribution in [-0.4, -0.2) is 57.5 Å². The number of imidazole rings is 1. The Bertz CT molecular complexity index is 542. The highest BCUT2D eigenvalue weighted by molar-refractivity contribution is 5.85. The Morgan fingerprint density at radius 3 is 2.28 bits per heavy atom. The molecule has 0 bridgehead atoms. The van der Waals surface area contributed by atoms with E-state index in [1.165, 1.54) is 12.4 Å². The number of aromatic nitrogens is 2. The van der Waals surface area contributed by atoms with E-state index in [2.05, 4.69) is 4.98 Å². The fourth-order valence-corrected chi connectivity index (χ4v) is 2.54. The number of rotatable bonds is 4. The molecule has 1 aromatic heterocycles. The molecule has 2 rings (SSSR count). The maximum atomic E-state index is 12.8. The second kappa shape index (κ2) is 9.66. The first-order chi connectivity index (χ1) is 10.7. The van der Waals surface area contributed by atoms with E-state index >= 15 is 0 Å². The maximum Gasteiger partial charge on any atom is 0.319 e. The molecule has 10 heteroatoms. The maximum absolute atomic E-state index is 12.8. The van der Waals surface area contributed by atoms with E-state index in [9.17, 15) is 13.6 Å². The molecule has 25 heavy (non-hydrogen) atoms. The molecule has 1 saturated heterocycles. The molecule has 0 unspecified atom stereocenters. The van der Waals surface area contributed by atoms with Crippen LogP contribution in [0, 0.1) is 5.41 Å². The summed E-state index contributed by atoms with van der Waals surface area (Å²) in [6.07, 6.45) is 2.66. The summed E-state index contributed by atoms with van der Waals surface area (Å²) in [5.41, 5.74) is 5.74. The summed E-state index contributed by atoms with van der Waals surface area (Å²) in [5.74, 6) is 0.289. The van der Waals surface area contributed by atoms with Crippen LogP contribution in [0.25, 0.3) is 0 Å². The van der Waals surface area contributed by atoms with Gasteiger partial charge in [0.25, 0.3) is 0 Å². The highest BCUT2D eigenvalue weighted by Gasteiger charge is 2.32. The predicted molar refractivity (Wildman–Crippen MR) is 97.3 cm³/mol. The van der Waals surface area contributed by atoms with Gasteiger partial charge in [-0.25, -0.2) is 4.98 Å². The van der Waals surface area contributed by atoms with Crippen LogP contribution in [0.3, 0.4) is 0 Å². The first-order valence-electron chi connectivity index (χ1n) is 7.76. The molecule has 0 aromatic carbocycles. The number of amides is 1. The lowest BCUT2D eigenvalue weighted by Gasteiger charge is -2.38. The number of piperazine rings is 1. The van der Waals surface area contributed by atoms with E-state index in [1.807, 2.05) is 25.7 Å². The molecule has 1 aliphatic rings. The van der Waals surface area contributed by atoms with Gasteiger partial charge >= 0.3 is 6.55 Å². The van der Waals surface area contributed by atoms with Crippen molar-refractivity contribution in [2.45, 2.75) is 39.9 Å². The Labute approximate surface area is 159 Å². The van der Waals surface area contributed by atoms with Crippen LogP contribution in [0.2, 0.25) is 0 Å². The van der Waals surface area contributed by atoms with Gasteiger partial charge in [-0.05, 0) is 5.41 Å². The number of halogens is 4. The highest BCUT2D eigenvalue weighted by atomic mass is 35.5. The lowest BCUT2D eigenvalue weighted by atomic mass is 9.86. The lowest BCUT2D eigenvalue weighted by Crippen LogP contribution is -2.56. The van der Waals surface area contributed by atoms with Crippen molar-refractivity contribution in [1.82, 2.24) is 19.4 Å². The van der Waals surface area contributed by atoms with E-state index in [1.54, 1.807) is 4.90 Å². The minimum atomic E-state index is -2.58. The van der Waals surface area contributed by atoms with Crippen molar-refractivity contribution in [3.8, 4) is 0 Å². The Morgan fingerprint density at radius 2 is 1.80 bits per heavy atom. The van der Waals surface area contributed by atoms with E-state index in [0.29, 0.717) is 38.5 Å². The monoisotopic (exact) mass is 401 g/mol. The third kappa shape index (κ3) is 6.06. The van der Waals surface area contributed by atoms with Gasteiger partial charge in [0.2, 0.25) is 5.91 Å². The topological polar surface area (TPSA) is 67.4 Å². The summed E-state index contributed by atoms with van der Waals surface area (Å²) in [6, 6.07) is -0.535. The van der Waals surface area contributed by atoms with Crippen molar-refractivity contribution in [3.05, 3.63) is 18.2 Å². The zero-order chi connectivity index (χ0) is 17.2. The molecule has 1 aliphatic heterocycles. The van der Waals surface area contributed by atoms with Crippen molar-refractivity contribution in [2.24, 2.45) is 11.1 Å². The van der Waals surface area contributed by atoms with E-state index in [4.69, 9.17) is 5.73 Å². The van der Waals surface area contributed by atoms with Crippen molar-refractivity contribution in [2.75, 3.05) is 26.2 Å². The minimum absolute atomic E-state index is 0. The number of carbonyl (C=O) groups is 1. The largest absolute Gasteiger partial charge is 0.339 e. The van der Waals surface area contributed by atoms with Gasteiger partial charge < -0.3 is 10.6 Å². The standard InChI is InChI=1S/C15H25F2N5O.2ClH/c1-15(2,3)12(18)13(23)21-8-6-20(7-9-21)10-11-19-4-5-22(11)14(16)17;;/h4-5,12,14H,6-10,18H2,1-3H3;2*1H/t12-;;/m1../s1. The molecule has 1 atom stereocenters. The fraction of sp³-hybridized carbons (Fsp3) is 0.733. The summed E-state index contributed by atoms with van der Waals surface area (Å²) in [4.78, 5) is 20.1. The van der Waals surface area contributed by atoms with Gasteiger partial charge in [0.1, 0.15) is 5.82 Å². The minimum Gasteiger partial charge on any atom is -0.339 e. The molecule has 2 N–H and O–H groups in total. The number of nitrogens with two attached hydrogens (primary N) is 1. The van der Waals surface area contributed by atoms with Gasteiger partial charge in [0, 0.05) is 38.6 Å². The molecular weight excluding hydrogens is 375 g/mol. The summed E-state index contributed by atoms with van der Waals surface area (Å²) in [5, 5.41) is 0. The number of carbonyl (C=O) groups excluding carboxylic acids is 1. The van der Waals surface area contributed by atoms with Crippen LogP contribution in [-0.2, 0) is 11.3 Å². The molecule has 2 heterocycles. The normalized spacial score (nSPS) is 17.0. The number of hydrogen-bond acceptors (Lipinski definition) is 4.